The quantitative estimate of drug-likeness (QED) is 0.774. The van der Waals surface area contributed by atoms with Gasteiger partial charge in [0.05, 0.1) is 19.8 Å². The molecule has 0 unspecified atom stereocenters. The second kappa shape index (κ2) is 6.20. The summed E-state index contributed by atoms with van der Waals surface area (Å²) in [4.78, 5) is 11.5. The number of hydrogen-bond donors (Lipinski definition) is 1. The fourth-order valence-electron chi connectivity index (χ4n) is 2.75. The van der Waals surface area contributed by atoms with E-state index in [-0.39, 0.29) is 11.4 Å². The summed E-state index contributed by atoms with van der Waals surface area (Å²) in [6, 6.07) is 12.6. The Morgan fingerprint density at radius 1 is 0.958 bits per heavy atom. The molecule has 0 heterocycles. The number of ether oxygens (including phenoxy) is 2. The molecule has 0 aliphatic carbocycles. The zero-order valence-corrected chi connectivity index (χ0v) is 13.2. The van der Waals surface area contributed by atoms with Gasteiger partial charge in [0.25, 0.3) is 0 Å². The molecule has 0 saturated carbocycles. The molecule has 0 saturated heterocycles. The van der Waals surface area contributed by atoms with Gasteiger partial charge in [-0.2, -0.15) is 0 Å². The van der Waals surface area contributed by atoms with Crippen LogP contribution in [-0.4, -0.2) is 25.3 Å². The number of rotatable bonds is 4. The Balaban J connectivity index is 2.39. The van der Waals surface area contributed by atoms with E-state index in [9.17, 15) is 14.3 Å². The van der Waals surface area contributed by atoms with Crippen LogP contribution in [0.4, 0.5) is 4.39 Å². The van der Waals surface area contributed by atoms with Gasteiger partial charge in [-0.25, -0.2) is 9.18 Å². The van der Waals surface area contributed by atoms with Crippen LogP contribution < -0.4 is 9.47 Å². The predicted molar refractivity (Wildman–Crippen MR) is 89.4 cm³/mol. The zero-order chi connectivity index (χ0) is 17.3. The van der Waals surface area contributed by atoms with Crippen molar-refractivity contribution >= 4 is 16.7 Å². The van der Waals surface area contributed by atoms with Crippen molar-refractivity contribution < 1.29 is 23.8 Å². The summed E-state index contributed by atoms with van der Waals surface area (Å²) in [5, 5.41) is 10.8. The van der Waals surface area contributed by atoms with E-state index in [0.717, 1.165) is 10.9 Å². The van der Waals surface area contributed by atoms with E-state index in [4.69, 9.17) is 9.47 Å². The van der Waals surface area contributed by atoms with Gasteiger partial charge < -0.3 is 14.6 Å². The summed E-state index contributed by atoms with van der Waals surface area (Å²) in [5.74, 6) is -0.430. The molecule has 4 nitrogen and oxygen atoms in total. The minimum atomic E-state index is -1.05. The molecular formula is C19H15FO4. The summed E-state index contributed by atoms with van der Waals surface area (Å²) < 4.78 is 23.9. The van der Waals surface area contributed by atoms with Gasteiger partial charge in [-0.1, -0.05) is 12.1 Å². The first kappa shape index (κ1) is 15.8. The molecule has 0 spiro atoms. The van der Waals surface area contributed by atoms with Crippen molar-refractivity contribution in [1.29, 1.82) is 0 Å². The van der Waals surface area contributed by atoms with Crippen LogP contribution in [0, 0.1) is 5.82 Å². The van der Waals surface area contributed by atoms with E-state index >= 15 is 0 Å². The standard InChI is InChI=1S/C19H15FO4/c1-23-17-8-7-14-15(11-3-5-13(20)6-4-11)9-12(19(21)22)10-16(14)18(17)24-2/h3-10H,1-2H3,(H,21,22). The van der Waals surface area contributed by atoms with E-state index in [2.05, 4.69) is 0 Å². The smallest absolute Gasteiger partial charge is 0.335 e. The summed E-state index contributed by atoms with van der Waals surface area (Å²) in [6.45, 7) is 0. The number of benzene rings is 3. The Bertz CT molecular complexity index is 917. The van der Waals surface area contributed by atoms with Gasteiger partial charge >= 0.3 is 5.97 Å². The van der Waals surface area contributed by atoms with Gasteiger partial charge in [0.15, 0.2) is 11.5 Å². The number of fused-ring (bicyclic) bond motifs is 1. The van der Waals surface area contributed by atoms with Crippen molar-refractivity contribution in [3.63, 3.8) is 0 Å². The molecule has 3 aromatic rings. The van der Waals surface area contributed by atoms with Crippen molar-refractivity contribution in [3.8, 4) is 22.6 Å². The summed E-state index contributed by atoms with van der Waals surface area (Å²) in [6.07, 6.45) is 0. The highest BCUT2D eigenvalue weighted by Crippen LogP contribution is 2.40. The molecule has 0 aromatic heterocycles. The molecule has 0 fully saturated rings. The zero-order valence-electron chi connectivity index (χ0n) is 13.2. The van der Waals surface area contributed by atoms with Crippen molar-refractivity contribution in [2.75, 3.05) is 14.2 Å². The normalized spacial score (nSPS) is 10.6. The third kappa shape index (κ3) is 2.65. The SMILES string of the molecule is COc1ccc2c(-c3ccc(F)cc3)cc(C(=O)O)cc2c1OC. The maximum atomic E-state index is 13.2. The van der Waals surface area contributed by atoms with Crippen LogP contribution in [0.1, 0.15) is 10.4 Å². The minimum Gasteiger partial charge on any atom is -0.493 e. The van der Waals surface area contributed by atoms with Crippen LogP contribution in [0.2, 0.25) is 0 Å². The summed E-state index contributed by atoms with van der Waals surface area (Å²) in [7, 11) is 3.02. The molecule has 24 heavy (non-hydrogen) atoms. The van der Waals surface area contributed by atoms with Crippen molar-refractivity contribution in [3.05, 3.63) is 59.9 Å². The second-order valence-electron chi connectivity index (χ2n) is 5.23. The number of aromatic carboxylic acids is 1. The third-order valence-corrected chi connectivity index (χ3v) is 3.88. The van der Waals surface area contributed by atoms with Crippen LogP contribution in [0.3, 0.4) is 0 Å². The lowest BCUT2D eigenvalue weighted by molar-refractivity contribution is 0.0697. The van der Waals surface area contributed by atoms with Gasteiger partial charge in [0.1, 0.15) is 5.82 Å². The lowest BCUT2D eigenvalue weighted by Crippen LogP contribution is -1.99. The molecule has 0 atom stereocenters. The molecule has 0 amide bonds. The third-order valence-electron chi connectivity index (χ3n) is 3.88. The van der Waals surface area contributed by atoms with Crippen LogP contribution in [0.15, 0.2) is 48.5 Å². The number of carbonyl (C=O) groups is 1. The molecular weight excluding hydrogens is 311 g/mol. The lowest BCUT2D eigenvalue weighted by atomic mass is 9.95. The highest BCUT2D eigenvalue weighted by atomic mass is 19.1. The monoisotopic (exact) mass is 326 g/mol. The van der Waals surface area contributed by atoms with Crippen LogP contribution in [-0.2, 0) is 0 Å². The molecule has 0 aliphatic rings. The van der Waals surface area contributed by atoms with Crippen LogP contribution in [0.5, 0.6) is 11.5 Å². The Morgan fingerprint density at radius 2 is 1.67 bits per heavy atom. The van der Waals surface area contributed by atoms with Crippen molar-refractivity contribution in [1.82, 2.24) is 0 Å². The van der Waals surface area contributed by atoms with Gasteiger partial charge in [-0.05, 0) is 52.9 Å². The Kier molecular flexibility index (Phi) is 4.08. The fourth-order valence-corrected chi connectivity index (χ4v) is 2.75. The molecule has 3 rings (SSSR count). The average molecular weight is 326 g/mol. The van der Waals surface area contributed by atoms with Crippen LogP contribution >= 0.6 is 0 Å². The molecule has 5 heteroatoms. The van der Waals surface area contributed by atoms with E-state index in [1.54, 1.807) is 30.3 Å². The summed E-state index contributed by atoms with van der Waals surface area (Å²) >= 11 is 0. The maximum absolute atomic E-state index is 13.2. The molecule has 0 radical (unpaired) electrons. The first-order valence-electron chi connectivity index (χ1n) is 7.23. The molecule has 122 valence electrons. The van der Waals surface area contributed by atoms with Gasteiger partial charge in [0.2, 0.25) is 0 Å². The number of carboxylic acids is 1. The van der Waals surface area contributed by atoms with Gasteiger partial charge in [-0.15, -0.1) is 0 Å². The number of methoxy groups -OCH3 is 2. The Morgan fingerprint density at radius 3 is 2.25 bits per heavy atom. The first-order valence-corrected chi connectivity index (χ1v) is 7.23. The molecule has 1 N–H and O–H groups in total. The first-order chi connectivity index (χ1) is 11.5. The van der Waals surface area contributed by atoms with Gasteiger partial charge in [-0.3, -0.25) is 0 Å². The van der Waals surface area contributed by atoms with E-state index in [0.29, 0.717) is 22.4 Å². The fraction of sp³-hybridized carbons (Fsp3) is 0.105. The Hall–Kier alpha value is -3.08. The van der Waals surface area contributed by atoms with Gasteiger partial charge in [0, 0.05) is 5.39 Å². The molecule has 3 aromatic carbocycles. The topological polar surface area (TPSA) is 55.8 Å². The Labute approximate surface area is 138 Å². The number of hydrogen-bond acceptors (Lipinski definition) is 3. The number of halogens is 1. The summed E-state index contributed by atoms with van der Waals surface area (Å²) in [5.41, 5.74) is 1.52. The maximum Gasteiger partial charge on any atom is 0.335 e. The average Bonchev–Trinajstić information content (AvgIpc) is 2.60. The second-order valence-corrected chi connectivity index (χ2v) is 5.23. The van der Waals surface area contributed by atoms with Crippen molar-refractivity contribution in [2.24, 2.45) is 0 Å². The lowest BCUT2D eigenvalue weighted by Gasteiger charge is -2.14. The van der Waals surface area contributed by atoms with E-state index < -0.39 is 5.97 Å². The van der Waals surface area contributed by atoms with E-state index in [1.807, 2.05) is 6.07 Å². The molecule has 0 aliphatic heterocycles. The van der Waals surface area contributed by atoms with Crippen LogP contribution in [0.25, 0.3) is 21.9 Å². The molecule has 0 bridgehead atoms. The largest absolute Gasteiger partial charge is 0.493 e. The highest BCUT2D eigenvalue weighted by molar-refractivity contribution is 6.05. The minimum absolute atomic E-state index is 0.119. The van der Waals surface area contributed by atoms with E-state index in [1.165, 1.54) is 26.4 Å². The van der Waals surface area contributed by atoms with Crippen molar-refractivity contribution in [2.45, 2.75) is 0 Å². The highest BCUT2D eigenvalue weighted by Gasteiger charge is 2.16. The predicted octanol–water partition coefficient (Wildman–Crippen LogP) is 4.36. The number of carboxylic acid groups (broad SMARTS) is 1.